The molecule has 5 atom stereocenters. The molecule has 3 aliphatic heterocycles. The molecule has 0 unspecified atom stereocenters. The first-order valence-electron chi connectivity index (χ1n) is 15.0. The van der Waals surface area contributed by atoms with Crippen molar-refractivity contribution in [1.29, 1.82) is 0 Å². The molecule has 3 fully saturated rings. The summed E-state index contributed by atoms with van der Waals surface area (Å²) in [6.07, 6.45) is 2.78. The Labute approximate surface area is 274 Å². The van der Waals surface area contributed by atoms with E-state index in [1.165, 1.54) is 28.1 Å². The van der Waals surface area contributed by atoms with Gasteiger partial charge in [0.2, 0.25) is 11.8 Å². The van der Waals surface area contributed by atoms with Crippen molar-refractivity contribution in [3.8, 4) is 0 Å². The molecule has 0 aliphatic carbocycles. The number of nitrogens with one attached hydrogen (secondary N) is 3. The first kappa shape index (κ1) is 33.1. The molecule has 246 valence electrons. The van der Waals surface area contributed by atoms with Gasteiger partial charge < -0.3 is 35.4 Å². The molecule has 0 saturated carbocycles. The molecule has 5 rings (SSSR count). The van der Waals surface area contributed by atoms with Gasteiger partial charge in [0.15, 0.2) is 0 Å². The Bertz CT molecular complexity index is 1550. The largest absolute Gasteiger partial charge is 0.387 e. The van der Waals surface area contributed by atoms with Gasteiger partial charge in [0.1, 0.15) is 11.7 Å². The summed E-state index contributed by atoms with van der Waals surface area (Å²) < 4.78 is 6.13. The van der Waals surface area contributed by atoms with Crippen molar-refractivity contribution < 1.29 is 28.8 Å². The Balaban J connectivity index is 1.46. The molecular weight excluding hydrogens is 664 g/mol. The van der Waals surface area contributed by atoms with E-state index in [0.29, 0.717) is 29.8 Å². The molecule has 1 aromatic carbocycles. The van der Waals surface area contributed by atoms with E-state index in [4.69, 9.17) is 4.74 Å². The highest BCUT2D eigenvalue weighted by Crippen LogP contribution is 2.36. The zero-order valence-corrected chi connectivity index (χ0v) is 27.6. The molecule has 2 aromatic rings. The normalized spacial score (nSPS) is 24.6. The third-order valence-corrected chi connectivity index (χ3v) is 8.85. The van der Waals surface area contributed by atoms with Gasteiger partial charge in [-0.05, 0) is 32.4 Å². The number of anilines is 2. The van der Waals surface area contributed by atoms with Gasteiger partial charge in [0.05, 0.1) is 40.0 Å². The summed E-state index contributed by atoms with van der Waals surface area (Å²) in [5, 5.41) is 21.3. The number of carbonyl (C=O) groups is 4. The summed E-state index contributed by atoms with van der Waals surface area (Å²) in [5.74, 6) is -1.39. The number of likely N-dealkylation sites (tertiary alicyclic amines) is 2. The van der Waals surface area contributed by atoms with Crippen LogP contribution in [0, 0.1) is 10.1 Å². The Morgan fingerprint density at radius 3 is 2.39 bits per heavy atom. The van der Waals surface area contributed by atoms with Crippen molar-refractivity contribution in [1.82, 2.24) is 25.0 Å². The number of hydrogen-bond donors (Lipinski definition) is 3. The number of amides is 4. The van der Waals surface area contributed by atoms with E-state index >= 15 is 0 Å². The van der Waals surface area contributed by atoms with Gasteiger partial charge in [0.25, 0.3) is 17.5 Å². The molecule has 1 aromatic heterocycles. The number of carbonyl (C=O) groups excluding carboxylic acids is 4. The van der Waals surface area contributed by atoms with Gasteiger partial charge >= 0.3 is 0 Å². The minimum absolute atomic E-state index is 0.00492. The zero-order valence-electron chi connectivity index (χ0n) is 26.0. The number of halogens is 1. The van der Waals surface area contributed by atoms with Crippen LogP contribution in [0.5, 0.6) is 0 Å². The molecule has 3 N–H and O–H groups in total. The number of hydrogen-bond acceptors (Lipinski definition) is 10. The molecule has 46 heavy (non-hydrogen) atoms. The van der Waals surface area contributed by atoms with Crippen LogP contribution < -0.4 is 16.0 Å². The fourth-order valence-electron chi connectivity index (χ4n) is 6.31. The average molecular weight is 702 g/mol. The SMILES string of the molecule is CNc1cncc(C(=O)N2C[C@H](Nc3c(C(=O)N4C[C@@H](C)O[C@@H](C)C4)cc(Br)cc3[N+](=O)[O-])C[C@H]2C(=O)N[C@H]2CC(=O)N(C)C2)c1. The number of morpholine rings is 1. The second-order valence-corrected chi connectivity index (χ2v) is 12.9. The maximum atomic E-state index is 13.9. The quantitative estimate of drug-likeness (QED) is 0.273. The van der Waals surface area contributed by atoms with Crippen LogP contribution in [0.1, 0.15) is 47.4 Å². The predicted octanol–water partition coefficient (Wildman–Crippen LogP) is 2.09. The highest BCUT2D eigenvalue weighted by molar-refractivity contribution is 9.10. The summed E-state index contributed by atoms with van der Waals surface area (Å²) in [6.45, 7) is 4.70. The van der Waals surface area contributed by atoms with Crippen LogP contribution in [0.15, 0.2) is 35.1 Å². The lowest BCUT2D eigenvalue weighted by Gasteiger charge is -2.35. The monoisotopic (exact) mass is 700 g/mol. The maximum Gasteiger partial charge on any atom is 0.294 e. The predicted molar refractivity (Wildman–Crippen MR) is 172 cm³/mol. The second kappa shape index (κ2) is 13.6. The number of likely N-dealkylation sites (N-methyl/N-ethyl adjacent to an activating group) is 1. The number of pyridine rings is 1. The first-order chi connectivity index (χ1) is 21.8. The van der Waals surface area contributed by atoms with Crippen LogP contribution >= 0.6 is 15.9 Å². The Hall–Kier alpha value is -4.31. The topological polar surface area (TPSA) is 179 Å². The number of benzene rings is 1. The lowest BCUT2D eigenvalue weighted by molar-refractivity contribution is -0.384. The van der Waals surface area contributed by atoms with Gasteiger partial charge in [-0.25, -0.2) is 0 Å². The van der Waals surface area contributed by atoms with E-state index in [-0.39, 0.29) is 60.0 Å². The van der Waals surface area contributed by atoms with Crippen molar-refractivity contribution >= 4 is 56.6 Å². The number of aromatic nitrogens is 1. The maximum absolute atomic E-state index is 13.9. The first-order valence-corrected chi connectivity index (χ1v) is 15.8. The summed E-state index contributed by atoms with van der Waals surface area (Å²) >= 11 is 3.32. The van der Waals surface area contributed by atoms with Crippen molar-refractivity contribution in [2.24, 2.45) is 0 Å². The number of nitro benzene ring substituents is 1. The van der Waals surface area contributed by atoms with Crippen LogP contribution in [-0.4, -0.2) is 119 Å². The van der Waals surface area contributed by atoms with Crippen LogP contribution in [0.25, 0.3) is 0 Å². The Morgan fingerprint density at radius 1 is 1.04 bits per heavy atom. The summed E-state index contributed by atoms with van der Waals surface area (Å²) in [5.41, 5.74) is 0.629. The van der Waals surface area contributed by atoms with Crippen LogP contribution in [0.2, 0.25) is 0 Å². The van der Waals surface area contributed by atoms with E-state index in [2.05, 4.69) is 36.9 Å². The lowest BCUT2D eigenvalue weighted by atomic mass is 10.1. The number of nitro groups is 1. The molecule has 4 amide bonds. The summed E-state index contributed by atoms with van der Waals surface area (Å²) in [4.78, 5) is 73.8. The number of ether oxygens (including phenoxy) is 1. The fourth-order valence-corrected chi connectivity index (χ4v) is 6.75. The van der Waals surface area contributed by atoms with Gasteiger partial charge in [0, 0.05) is 75.7 Å². The summed E-state index contributed by atoms with van der Waals surface area (Å²) in [7, 11) is 3.35. The third kappa shape index (κ3) is 7.07. The number of rotatable bonds is 8. The van der Waals surface area contributed by atoms with Crippen molar-refractivity contribution in [3.63, 3.8) is 0 Å². The van der Waals surface area contributed by atoms with E-state index < -0.39 is 40.8 Å². The third-order valence-electron chi connectivity index (χ3n) is 8.39. The minimum atomic E-state index is -0.959. The van der Waals surface area contributed by atoms with E-state index in [1.54, 1.807) is 31.3 Å². The zero-order chi connectivity index (χ0) is 33.3. The highest BCUT2D eigenvalue weighted by atomic mass is 79.9. The smallest absolute Gasteiger partial charge is 0.294 e. The Kier molecular flexibility index (Phi) is 9.76. The van der Waals surface area contributed by atoms with E-state index in [9.17, 15) is 29.3 Å². The standard InChI is InChI=1S/C30H37BrN8O7/c1-16-12-37(13-17(2)46-16)30(43)23-6-19(31)7-24(39(44)45)27(23)34-21-8-25(28(41)35-22-9-26(40)36(4)14-22)38(15-21)29(42)18-5-20(32-3)11-33-10-18/h5-7,10-11,16-17,21-22,25,32,34H,8-9,12-15H2,1-4H3,(H,35,41)/t16-,17+,21-,22+,25+/m1/s1. The molecule has 0 spiro atoms. The second-order valence-electron chi connectivity index (χ2n) is 12.0. The van der Waals surface area contributed by atoms with Gasteiger partial charge in [-0.3, -0.25) is 34.3 Å². The van der Waals surface area contributed by atoms with Crippen LogP contribution in [0.3, 0.4) is 0 Å². The average Bonchev–Trinajstić information content (AvgIpc) is 3.58. The molecule has 4 heterocycles. The molecule has 3 aliphatic rings. The minimum Gasteiger partial charge on any atom is -0.387 e. The van der Waals surface area contributed by atoms with Crippen LogP contribution in [-0.2, 0) is 14.3 Å². The number of nitrogens with zero attached hydrogens (tertiary/aromatic N) is 5. The molecule has 3 saturated heterocycles. The lowest BCUT2D eigenvalue weighted by Crippen LogP contribution is -2.49. The van der Waals surface area contributed by atoms with E-state index in [1.807, 2.05) is 13.8 Å². The molecule has 15 nitrogen and oxygen atoms in total. The molecule has 0 radical (unpaired) electrons. The van der Waals surface area contributed by atoms with Crippen molar-refractivity contribution in [2.45, 2.75) is 57.0 Å². The Morgan fingerprint density at radius 2 is 1.76 bits per heavy atom. The summed E-state index contributed by atoms with van der Waals surface area (Å²) in [6, 6.07) is 2.46. The fraction of sp³-hybridized carbons (Fsp3) is 0.500. The molecule has 0 bridgehead atoms. The van der Waals surface area contributed by atoms with Crippen LogP contribution in [0.4, 0.5) is 17.1 Å². The van der Waals surface area contributed by atoms with Crippen molar-refractivity contribution in [2.75, 3.05) is 50.9 Å². The van der Waals surface area contributed by atoms with Crippen molar-refractivity contribution in [3.05, 3.63) is 56.3 Å². The highest BCUT2D eigenvalue weighted by Gasteiger charge is 2.43. The van der Waals surface area contributed by atoms with Gasteiger partial charge in [-0.1, -0.05) is 15.9 Å². The van der Waals surface area contributed by atoms with Gasteiger partial charge in [-0.15, -0.1) is 0 Å². The van der Waals surface area contributed by atoms with Gasteiger partial charge in [-0.2, -0.15) is 0 Å². The molecule has 16 heteroatoms. The molecular formula is C30H37BrN8O7. The van der Waals surface area contributed by atoms with E-state index in [0.717, 1.165) is 0 Å².